The van der Waals surface area contributed by atoms with Crippen molar-refractivity contribution in [2.45, 2.75) is 39.9 Å². The minimum Gasteiger partial charge on any atom is -0.496 e. The van der Waals surface area contributed by atoms with Crippen molar-refractivity contribution in [2.24, 2.45) is 5.41 Å². The summed E-state index contributed by atoms with van der Waals surface area (Å²) >= 11 is 0. The zero-order valence-corrected chi connectivity index (χ0v) is 13.0. The Morgan fingerprint density at radius 1 is 1.25 bits per heavy atom. The van der Waals surface area contributed by atoms with E-state index in [9.17, 15) is 0 Å². The van der Waals surface area contributed by atoms with Crippen LogP contribution in [0.5, 0.6) is 5.75 Å². The van der Waals surface area contributed by atoms with Crippen molar-refractivity contribution in [3.8, 4) is 5.75 Å². The lowest BCUT2D eigenvalue weighted by molar-refractivity contribution is -0.159. The van der Waals surface area contributed by atoms with E-state index in [1.807, 2.05) is 6.92 Å². The molecule has 2 atom stereocenters. The number of hydrogen-bond donors (Lipinski definition) is 0. The van der Waals surface area contributed by atoms with E-state index in [0.29, 0.717) is 6.61 Å². The molecule has 3 nitrogen and oxygen atoms in total. The van der Waals surface area contributed by atoms with E-state index in [-0.39, 0.29) is 17.6 Å². The molecule has 0 aliphatic carbocycles. The molecule has 1 aromatic carbocycles. The summed E-state index contributed by atoms with van der Waals surface area (Å²) in [5.41, 5.74) is 2.28. The van der Waals surface area contributed by atoms with Crippen molar-refractivity contribution >= 4 is 0 Å². The number of hydrogen-bond acceptors (Lipinski definition) is 3. The molecule has 1 aliphatic rings. The van der Waals surface area contributed by atoms with Crippen LogP contribution in [0, 0.1) is 12.3 Å². The van der Waals surface area contributed by atoms with Gasteiger partial charge in [0, 0.05) is 11.3 Å². The Morgan fingerprint density at radius 3 is 2.65 bits per heavy atom. The SMILES string of the molecule is COc1cc(C2C=COC(C(C)(C)C)OC2)ccc1C. The Morgan fingerprint density at radius 2 is 2.00 bits per heavy atom. The molecule has 0 radical (unpaired) electrons. The average Bonchev–Trinajstić information content (AvgIpc) is 2.64. The summed E-state index contributed by atoms with van der Waals surface area (Å²) in [5.74, 6) is 1.10. The van der Waals surface area contributed by atoms with Crippen LogP contribution in [0.4, 0.5) is 0 Å². The Bertz CT molecular complexity index is 485. The van der Waals surface area contributed by atoms with Gasteiger partial charge in [-0.15, -0.1) is 0 Å². The fourth-order valence-corrected chi connectivity index (χ4v) is 2.23. The van der Waals surface area contributed by atoms with E-state index in [1.54, 1.807) is 13.4 Å². The third-order valence-corrected chi connectivity index (χ3v) is 3.51. The molecule has 0 spiro atoms. The molecule has 2 unspecified atom stereocenters. The van der Waals surface area contributed by atoms with Gasteiger partial charge in [0.25, 0.3) is 0 Å². The predicted octanol–water partition coefficient (Wildman–Crippen LogP) is 4.02. The lowest BCUT2D eigenvalue weighted by Gasteiger charge is -2.28. The number of ether oxygens (including phenoxy) is 3. The predicted molar refractivity (Wildman–Crippen MR) is 79.9 cm³/mol. The highest BCUT2D eigenvalue weighted by Gasteiger charge is 2.29. The lowest BCUT2D eigenvalue weighted by Crippen LogP contribution is -2.30. The van der Waals surface area contributed by atoms with Crippen LogP contribution in [0.15, 0.2) is 30.5 Å². The monoisotopic (exact) mass is 276 g/mol. The molecule has 0 amide bonds. The summed E-state index contributed by atoms with van der Waals surface area (Å²) in [5, 5.41) is 0. The topological polar surface area (TPSA) is 27.7 Å². The zero-order valence-electron chi connectivity index (χ0n) is 13.0. The van der Waals surface area contributed by atoms with E-state index in [2.05, 4.69) is 45.0 Å². The van der Waals surface area contributed by atoms with E-state index in [0.717, 1.165) is 11.3 Å². The third-order valence-electron chi connectivity index (χ3n) is 3.51. The Labute approximate surface area is 121 Å². The molecule has 0 fully saturated rings. The van der Waals surface area contributed by atoms with Crippen LogP contribution in [0.25, 0.3) is 0 Å². The first kappa shape index (κ1) is 14.9. The molecule has 1 aromatic rings. The second-order valence-corrected chi connectivity index (χ2v) is 6.33. The van der Waals surface area contributed by atoms with E-state index < -0.39 is 0 Å². The van der Waals surface area contributed by atoms with Gasteiger partial charge in [-0.05, 0) is 30.2 Å². The molecule has 0 saturated heterocycles. The van der Waals surface area contributed by atoms with Crippen molar-refractivity contribution in [2.75, 3.05) is 13.7 Å². The lowest BCUT2D eigenvalue weighted by atomic mass is 9.95. The van der Waals surface area contributed by atoms with Gasteiger partial charge in [-0.3, -0.25) is 0 Å². The van der Waals surface area contributed by atoms with Crippen LogP contribution in [0.2, 0.25) is 0 Å². The number of methoxy groups -OCH3 is 1. The second kappa shape index (κ2) is 5.88. The van der Waals surface area contributed by atoms with Crippen LogP contribution < -0.4 is 4.74 Å². The maximum atomic E-state index is 5.91. The van der Waals surface area contributed by atoms with Crippen LogP contribution in [-0.2, 0) is 9.47 Å². The fourth-order valence-electron chi connectivity index (χ4n) is 2.23. The average molecular weight is 276 g/mol. The Hall–Kier alpha value is -1.48. The van der Waals surface area contributed by atoms with Gasteiger partial charge in [-0.2, -0.15) is 0 Å². The zero-order chi connectivity index (χ0) is 14.8. The molecule has 0 bridgehead atoms. The number of aryl methyl sites for hydroxylation is 1. The second-order valence-electron chi connectivity index (χ2n) is 6.33. The molecular weight excluding hydrogens is 252 g/mol. The molecule has 1 aliphatic heterocycles. The third kappa shape index (κ3) is 3.34. The van der Waals surface area contributed by atoms with Gasteiger partial charge >= 0.3 is 0 Å². The molecule has 0 saturated carbocycles. The van der Waals surface area contributed by atoms with Gasteiger partial charge in [-0.1, -0.05) is 32.9 Å². The van der Waals surface area contributed by atoms with Crippen LogP contribution in [-0.4, -0.2) is 20.0 Å². The molecule has 20 heavy (non-hydrogen) atoms. The quantitative estimate of drug-likeness (QED) is 0.816. The van der Waals surface area contributed by atoms with Gasteiger partial charge in [0.15, 0.2) is 0 Å². The summed E-state index contributed by atoms with van der Waals surface area (Å²) in [6.07, 6.45) is 3.60. The van der Waals surface area contributed by atoms with Gasteiger partial charge in [0.2, 0.25) is 6.29 Å². The summed E-state index contributed by atoms with van der Waals surface area (Å²) in [4.78, 5) is 0. The van der Waals surface area contributed by atoms with Crippen LogP contribution in [0.3, 0.4) is 0 Å². The van der Waals surface area contributed by atoms with Crippen LogP contribution in [0.1, 0.15) is 37.8 Å². The summed E-state index contributed by atoms with van der Waals surface area (Å²) in [6.45, 7) is 8.99. The van der Waals surface area contributed by atoms with Crippen molar-refractivity contribution in [3.05, 3.63) is 41.7 Å². The highest BCUT2D eigenvalue weighted by molar-refractivity contribution is 5.39. The molecule has 110 valence electrons. The van der Waals surface area contributed by atoms with E-state index in [4.69, 9.17) is 14.2 Å². The normalized spacial score (nSPS) is 23.1. The van der Waals surface area contributed by atoms with Gasteiger partial charge in [-0.25, -0.2) is 0 Å². The number of benzene rings is 1. The van der Waals surface area contributed by atoms with Crippen molar-refractivity contribution in [3.63, 3.8) is 0 Å². The minimum atomic E-state index is -0.212. The minimum absolute atomic E-state index is 0.0375. The summed E-state index contributed by atoms with van der Waals surface area (Å²) in [7, 11) is 1.70. The highest BCUT2D eigenvalue weighted by Crippen LogP contribution is 2.31. The molecule has 0 N–H and O–H groups in total. The van der Waals surface area contributed by atoms with Gasteiger partial charge < -0.3 is 14.2 Å². The molecular formula is C17H24O3. The van der Waals surface area contributed by atoms with Gasteiger partial charge in [0.1, 0.15) is 5.75 Å². The first-order valence-electron chi connectivity index (χ1n) is 7.00. The molecule has 0 aromatic heterocycles. The Kier molecular flexibility index (Phi) is 4.39. The highest BCUT2D eigenvalue weighted by atomic mass is 16.7. The van der Waals surface area contributed by atoms with E-state index in [1.165, 1.54) is 5.56 Å². The first-order valence-corrected chi connectivity index (χ1v) is 7.00. The van der Waals surface area contributed by atoms with E-state index >= 15 is 0 Å². The maximum Gasteiger partial charge on any atom is 0.203 e. The Balaban J connectivity index is 2.15. The number of rotatable bonds is 2. The smallest absolute Gasteiger partial charge is 0.203 e. The van der Waals surface area contributed by atoms with Crippen molar-refractivity contribution < 1.29 is 14.2 Å². The first-order chi connectivity index (χ1) is 9.41. The van der Waals surface area contributed by atoms with Crippen LogP contribution >= 0.6 is 0 Å². The molecule has 3 heteroatoms. The maximum absolute atomic E-state index is 5.91. The standard InChI is InChI=1S/C17H24O3/c1-12-6-7-13(10-15(12)18-5)14-8-9-19-16(20-11-14)17(2,3)4/h6-10,14,16H,11H2,1-5H3. The molecule has 2 rings (SSSR count). The molecule has 1 heterocycles. The van der Waals surface area contributed by atoms with Crippen molar-refractivity contribution in [1.82, 2.24) is 0 Å². The fraction of sp³-hybridized carbons (Fsp3) is 0.529. The van der Waals surface area contributed by atoms with Crippen molar-refractivity contribution in [1.29, 1.82) is 0 Å². The summed E-state index contributed by atoms with van der Waals surface area (Å²) < 4.78 is 17.0. The largest absolute Gasteiger partial charge is 0.496 e. The summed E-state index contributed by atoms with van der Waals surface area (Å²) in [6, 6.07) is 6.27. The van der Waals surface area contributed by atoms with Gasteiger partial charge in [0.05, 0.1) is 20.0 Å².